The van der Waals surface area contributed by atoms with Crippen molar-refractivity contribution in [2.75, 3.05) is 0 Å². The molecule has 0 aromatic heterocycles. The summed E-state index contributed by atoms with van der Waals surface area (Å²) in [5.41, 5.74) is 0. The molecule has 31 heavy (non-hydrogen) atoms. The topological polar surface area (TPSA) is 52.5 Å². The van der Waals surface area contributed by atoms with E-state index >= 15 is 0 Å². The summed E-state index contributed by atoms with van der Waals surface area (Å²) in [6.07, 6.45) is 29.5. The Bertz CT molecular complexity index is 294. The third kappa shape index (κ3) is 26.0. The van der Waals surface area contributed by atoms with Crippen LogP contribution in [0.1, 0.15) is 168 Å². The van der Waals surface area contributed by atoms with Crippen LogP contribution in [0.5, 0.6) is 0 Å². The fraction of sp³-hybridized carbons (Fsp3) is 1.00. The average Bonchev–Trinajstić information content (AvgIpc) is 2.75. The van der Waals surface area contributed by atoms with E-state index in [0.717, 1.165) is 25.7 Å². The number of aliphatic hydroxyl groups excluding tert-OH is 2. The smallest absolute Gasteiger partial charge is 0.106 e. The lowest BCUT2D eigenvalue weighted by molar-refractivity contribution is 0.0310. The monoisotopic (exact) mass is 441 g/mol. The van der Waals surface area contributed by atoms with Crippen LogP contribution in [0.2, 0.25) is 0 Å². The van der Waals surface area contributed by atoms with Gasteiger partial charge in [0.15, 0.2) is 0 Å². The number of nitrogens with one attached hydrogen (secondary N) is 1. The lowest BCUT2D eigenvalue weighted by Gasteiger charge is -2.18. The molecule has 0 saturated heterocycles. The number of rotatable bonds is 26. The molecule has 0 spiro atoms. The highest BCUT2D eigenvalue weighted by Crippen LogP contribution is 2.14. The van der Waals surface area contributed by atoms with Crippen molar-refractivity contribution in [3.05, 3.63) is 0 Å². The van der Waals surface area contributed by atoms with Gasteiger partial charge in [0.05, 0.1) is 0 Å². The molecule has 0 fully saturated rings. The Morgan fingerprint density at radius 3 is 0.871 bits per heavy atom. The molecule has 0 rings (SSSR count). The SMILES string of the molecule is CCCCCCCCCCCCCC(O)NC(O)CCCCCCCCCCCCC. The van der Waals surface area contributed by atoms with Crippen molar-refractivity contribution in [3.63, 3.8) is 0 Å². The van der Waals surface area contributed by atoms with Crippen molar-refractivity contribution in [3.8, 4) is 0 Å². The lowest BCUT2D eigenvalue weighted by Crippen LogP contribution is -2.38. The molecule has 0 radical (unpaired) electrons. The molecule has 0 aromatic carbocycles. The molecule has 0 aliphatic rings. The molecule has 0 heterocycles. The summed E-state index contributed by atoms with van der Waals surface area (Å²) in [5.74, 6) is 0. The Kier molecular flexibility index (Phi) is 26.0. The number of unbranched alkanes of at least 4 members (excludes halogenated alkanes) is 20. The Morgan fingerprint density at radius 2 is 0.613 bits per heavy atom. The second-order valence-electron chi connectivity index (χ2n) is 9.85. The number of hydrogen-bond donors (Lipinski definition) is 3. The van der Waals surface area contributed by atoms with Crippen molar-refractivity contribution in [1.82, 2.24) is 5.32 Å². The van der Waals surface area contributed by atoms with E-state index in [4.69, 9.17) is 0 Å². The van der Waals surface area contributed by atoms with Gasteiger partial charge in [-0.1, -0.05) is 142 Å². The van der Waals surface area contributed by atoms with Gasteiger partial charge in [0.2, 0.25) is 0 Å². The second-order valence-corrected chi connectivity index (χ2v) is 9.85. The summed E-state index contributed by atoms with van der Waals surface area (Å²) in [6, 6.07) is 0. The minimum Gasteiger partial charge on any atom is -0.379 e. The highest BCUT2D eigenvalue weighted by atomic mass is 16.3. The van der Waals surface area contributed by atoms with Crippen LogP contribution < -0.4 is 5.32 Å². The van der Waals surface area contributed by atoms with E-state index in [1.165, 1.54) is 128 Å². The van der Waals surface area contributed by atoms with E-state index in [1.54, 1.807) is 0 Å². The first-order valence-corrected chi connectivity index (χ1v) is 14.3. The van der Waals surface area contributed by atoms with Gasteiger partial charge in [-0.2, -0.15) is 0 Å². The zero-order chi connectivity index (χ0) is 22.8. The summed E-state index contributed by atoms with van der Waals surface area (Å²) in [5, 5.41) is 23.1. The third-order valence-corrected chi connectivity index (χ3v) is 6.55. The van der Waals surface area contributed by atoms with Crippen LogP contribution in [0.4, 0.5) is 0 Å². The largest absolute Gasteiger partial charge is 0.379 e. The minimum atomic E-state index is -0.554. The summed E-state index contributed by atoms with van der Waals surface area (Å²) < 4.78 is 0. The van der Waals surface area contributed by atoms with Crippen molar-refractivity contribution in [1.29, 1.82) is 0 Å². The molecular formula is C28H59NO2. The standard InChI is InChI=1S/C28H59NO2/c1-3-5-7-9-11-13-15-17-19-21-23-25-27(30)29-28(31)26-24-22-20-18-16-14-12-10-8-6-4-2/h27-31H,3-26H2,1-2H3. The van der Waals surface area contributed by atoms with E-state index < -0.39 is 12.5 Å². The lowest BCUT2D eigenvalue weighted by atomic mass is 10.0. The zero-order valence-electron chi connectivity index (χ0n) is 21.5. The van der Waals surface area contributed by atoms with Crippen molar-refractivity contribution in [2.24, 2.45) is 0 Å². The van der Waals surface area contributed by atoms with Gasteiger partial charge in [0.25, 0.3) is 0 Å². The van der Waals surface area contributed by atoms with E-state index in [2.05, 4.69) is 19.2 Å². The van der Waals surface area contributed by atoms with Crippen LogP contribution in [0.25, 0.3) is 0 Å². The maximum absolute atomic E-state index is 10.1. The van der Waals surface area contributed by atoms with Gasteiger partial charge in [-0.15, -0.1) is 0 Å². The molecule has 3 nitrogen and oxygen atoms in total. The fourth-order valence-corrected chi connectivity index (χ4v) is 4.39. The Balaban J connectivity index is 3.29. The van der Waals surface area contributed by atoms with Crippen molar-refractivity contribution in [2.45, 2.75) is 180 Å². The van der Waals surface area contributed by atoms with Crippen LogP contribution in [-0.4, -0.2) is 22.7 Å². The van der Waals surface area contributed by atoms with Gasteiger partial charge in [-0.25, -0.2) is 0 Å². The molecule has 0 bridgehead atoms. The molecule has 3 heteroatoms. The van der Waals surface area contributed by atoms with E-state index in [0.29, 0.717) is 0 Å². The first-order valence-electron chi connectivity index (χ1n) is 14.3. The summed E-state index contributed by atoms with van der Waals surface area (Å²) in [4.78, 5) is 0. The number of hydrogen-bond acceptors (Lipinski definition) is 3. The quantitative estimate of drug-likeness (QED) is 0.0930. The minimum absolute atomic E-state index is 0.554. The molecule has 2 unspecified atom stereocenters. The predicted molar refractivity (Wildman–Crippen MR) is 137 cm³/mol. The van der Waals surface area contributed by atoms with Gasteiger partial charge in [-0.05, 0) is 25.7 Å². The third-order valence-electron chi connectivity index (χ3n) is 6.55. The highest BCUT2D eigenvalue weighted by molar-refractivity contribution is 4.60. The average molecular weight is 442 g/mol. The molecule has 188 valence electrons. The normalized spacial score (nSPS) is 13.5. The Hall–Kier alpha value is -0.120. The van der Waals surface area contributed by atoms with Gasteiger partial charge in [0.1, 0.15) is 12.5 Å². The Labute approximate surface area is 196 Å². The maximum atomic E-state index is 10.1. The predicted octanol–water partition coefficient (Wildman–Crippen LogP) is 8.62. The van der Waals surface area contributed by atoms with Gasteiger partial charge in [0, 0.05) is 0 Å². The van der Waals surface area contributed by atoms with Crippen LogP contribution in [-0.2, 0) is 0 Å². The van der Waals surface area contributed by atoms with Gasteiger partial charge >= 0.3 is 0 Å². The van der Waals surface area contributed by atoms with Crippen LogP contribution >= 0.6 is 0 Å². The van der Waals surface area contributed by atoms with Crippen LogP contribution in [0, 0.1) is 0 Å². The fourth-order valence-electron chi connectivity index (χ4n) is 4.39. The maximum Gasteiger partial charge on any atom is 0.106 e. The molecule has 0 aliphatic carbocycles. The summed E-state index contributed by atoms with van der Waals surface area (Å²) >= 11 is 0. The highest BCUT2D eigenvalue weighted by Gasteiger charge is 2.09. The van der Waals surface area contributed by atoms with Crippen molar-refractivity contribution < 1.29 is 10.2 Å². The van der Waals surface area contributed by atoms with Crippen LogP contribution in [0.15, 0.2) is 0 Å². The van der Waals surface area contributed by atoms with E-state index in [-0.39, 0.29) is 0 Å². The molecule has 3 N–H and O–H groups in total. The molecule has 2 atom stereocenters. The zero-order valence-corrected chi connectivity index (χ0v) is 21.5. The van der Waals surface area contributed by atoms with Gasteiger partial charge in [-0.3, -0.25) is 5.32 Å². The second kappa shape index (κ2) is 26.1. The molecular weight excluding hydrogens is 382 g/mol. The number of aliphatic hydroxyl groups is 2. The Morgan fingerprint density at radius 1 is 0.387 bits per heavy atom. The molecule has 0 saturated carbocycles. The van der Waals surface area contributed by atoms with Crippen LogP contribution in [0.3, 0.4) is 0 Å². The summed E-state index contributed by atoms with van der Waals surface area (Å²) in [6.45, 7) is 4.54. The first-order chi connectivity index (χ1) is 15.2. The molecule has 0 aliphatic heterocycles. The van der Waals surface area contributed by atoms with E-state index in [9.17, 15) is 10.2 Å². The summed E-state index contributed by atoms with van der Waals surface area (Å²) in [7, 11) is 0. The van der Waals surface area contributed by atoms with Gasteiger partial charge < -0.3 is 10.2 Å². The molecule has 0 amide bonds. The van der Waals surface area contributed by atoms with Crippen molar-refractivity contribution >= 4 is 0 Å². The first kappa shape index (κ1) is 30.9. The molecule has 0 aromatic rings. The van der Waals surface area contributed by atoms with E-state index in [1.807, 2.05) is 0 Å².